The number of nitrogens with zero attached hydrogens (tertiary/aromatic N) is 2. The van der Waals surface area contributed by atoms with Crippen LogP contribution in [0.2, 0.25) is 0 Å². The van der Waals surface area contributed by atoms with Crippen LogP contribution in [0.4, 0.5) is 0 Å². The van der Waals surface area contributed by atoms with Gasteiger partial charge in [0.15, 0.2) is 36.0 Å². The summed E-state index contributed by atoms with van der Waals surface area (Å²) >= 11 is 0. The van der Waals surface area contributed by atoms with Gasteiger partial charge in [0.2, 0.25) is 17.7 Å². The molecule has 4 heterocycles. The zero-order valence-corrected chi connectivity index (χ0v) is 23.5. The summed E-state index contributed by atoms with van der Waals surface area (Å²) in [5.74, 6) is -2.50. The first kappa shape index (κ1) is 27.8. The molecule has 5 N–H and O–H groups in total. The summed E-state index contributed by atoms with van der Waals surface area (Å²) in [7, 11) is 0. The molecule has 218 valence electrons. The first-order valence-electron chi connectivity index (χ1n) is 13.4. The third-order valence-electron chi connectivity index (χ3n) is 7.09. The molecule has 6 rings (SSSR count). The van der Waals surface area contributed by atoms with Crippen LogP contribution in [0.25, 0.3) is 33.6 Å². The van der Waals surface area contributed by atoms with E-state index < -0.39 is 47.8 Å². The molecule has 2 aromatic carbocycles. The number of primary amides is 2. The minimum Gasteiger partial charge on any atom is -0.445 e. The molecule has 4 atom stereocenters. The molecular formula is C30H31N5O7. The van der Waals surface area contributed by atoms with Gasteiger partial charge in [-0.1, -0.05) is 48.5 Å². The number of hydrogen-bond donors (Lipinski definition) is 3. The van der Waals surface area contributed by atoms with Gasteiger partial charge in [-0.3, -0.25) is 9.59 Å². The Morgan fingerprint density at radius 3 is 1.81 bits per heavy atom. The second-order valence-electron chi connectivity index (χ2n) is 11.2. The highest BCUT2D eigenvalue weighted by atomic mass is 16.8. The van der Waals surface area contributed by atoms with Crippen LogP contribution in [-0.2, 0) is 28.5 Å². The summed E-state index contributed by atoms with van der Waals surface area (Å²) < 4.78 is 28.6. The van der Waals surface area contributed by atoms with Gasteiger partial charge in [0.05, 0.1) is 11.9 Å². The van der Waals surface area contributed by atoms with E-state index in [0.29, 0.717) is 11.5 Å². The van der Waals surface area contributed by atoms with Crippen LogP contribution in [0.3, 0.4) is 0 Å². The fourth-order valence-electron chi connectivity index (χ4n) is 5.17. The predicted octanol–water partition coefficient (Wildman–Crippen LogP) is 3.75. The number of ether oxygens (including phenoxy) is 4. The van der Waals surface area contributed by atoms with Gasteiger partial charge in [0.1, 0.15) is 17.8 Å². The number of nitrogens with one attached hydrogen (secondary N) is 1. The van der Waals surface area contributed by atoms with Gasteiger partial charge in [0.25, 0.3) is 0 Å². The molecule has 42 heavy (non-hydrogen) atoms. The van der Waals surface area contributed by atoms with Gasteiger partial charge in [-0.05, 0) is 44.4 Å². The molecule has 4 aromatic rings. The van der Waals surface area contributed by atoms with Crippen LogP contribution in [0.1, 0.15) is 51.6 Å². The minimum atomic E-state index is -0.991. The van der Waals surface area contributed by atoms with E-state index in [1.165, 1.54) is 6.26 Å². The van der Waals surface area contributed by atoms with Gasteiger partial charge in [-0.15, -0.1) is 0 Å². The van der Waals surface area contributed by atoms with Crippen molar-refractivity contribution in [3.05, 3.63) is 72.7 Å². The molecule has 2 aromatic heterocycles. The Morgan fingerprint density at radius 2 is 1.24 bits per heavy atom. The average Bonchev–Trinajstić information content (AvgIpc) is 3.73. The van der Waals surface area contributed by atoms with Crippen molar-refractivity contribution in [2.24, 2.45) is 11.5 Å². The van der Waals surface area contributed by atoms with E-state index in [-0.39, 0.29) is 5.89 Å². The molecule has 0 spiro atoms. The van der Waals surface area contributed by atoms with E-state index in [2.05, 4.69) is 15.0 Å². The van der Waals surface area contributed by atoms with Gasteiger partial charge in [-0.2, -0.15) is 0 Å². The van der Waals surface area contributed by atoms with E-state index in [1.807, 2.05) is 48.5 Å². The van der Waals surface area contributed by atoms with E-state index in [9.17, 15) is 9.59 Å². The number of hydrogen-bond acceptors (Lipinski definition) is 9. The van der Waals surface area contributed by atoms with Gasteiger partial charge >= 0.3 is 0 Å². The maximum atomic E-state index is 11.9. The fourth-order valence-corrected chi connectivity index (χ4v) is 5.17. The first-order chi connectivity index (χ1) is 19.9. The molecule has 0 saturated carbocycles. The molecule has 2 aliphatic heterocycles. The highest BCUT2D eigenvalue weighted by molar-refractivity contribution is 5.80. The Labute approximate surface area is 241 Å². The lowest BCUT2D eigenvalue weighted by Crippen LogP contribution is -2.33. The number of oxazole rings is 1. The lowest BCUT2D eigenvalue weighted by atomic mass is 10.0. The Morgan fingerprint density at radius 1 is 0.738 bits per heavy atom. The quantitative estimate of drug-likeness (QED) is 0.297. The monoisotopic (exact) mass is 573 g/mol. The number of nitrogens with two attached hydrogens (primary N) is 2. The highest BCUT2D eigenvalue weighted by Crippen LogP contribution is 2.39. The van der Waals surface area contributed by atoms with Gasteiger partial charge < -0.3 is 39.8 Å². The summed E-state index contributed by atoms with van der Waals surface area (Å²) in [6.45, 7) is 6.85. The average molecular weight is 574 g/mol. The number of aromatic amines is 1. The summed E-state index contributed by atoms with van der Waals surface area (Å²) in [4.78, 5) is 35.9. The van der Waals surface area contributed by atoms with E-state index in [1.54, 1.807) is 33.9 Å². The molecule has 2 saturated heterocycles. The third-order valence-corrected chi connectivity index (χ3v) is 7.09. The van der Waals surface area contributed by atoms with Crippen LogP contribution in [0.5, 0.6) is 0 Å². The zero-order valence-electron chi connectivity index (χ0n) is 23.5. The number of H-pyrrole nitrogens is 1. The maximum Gasteiger partial charge on any atom is 0.249 e. The van der Waals surface area contributed by atoms with Crippen molar-refractivity contribution >= 4 is 11.8 Å². The second kappa shape index (κ2) is 10.2. The molecule has 12 heteroatoms. The lowest BCUT2D eigenvalue weighted by Gasteiger charge is -2.15. The summed E-state index contributed by atoms with van der Waals surface area (Å²) in [6.07, 6.45) is -0.273. The summed E-state index contributed by atoms with van der Waals surface area (Å²) in [6, 6.07) is 15.8. The number of aromatic nitrogens is 3. The third kappa shape index (κ3) is 5.32. The number of benzene rings is 2. The number of carbonyl (C=O) groups is 2. The van der Waals surface area contributed by atoms with Crippen molar-refractivity contribution in [1.82, 2.24) is 15.0 Å². The molecular weight excluding hydrogens is 542 g/mol. The minimum absolute atomic E-state index is 0.224. The number of carbonyl (C=O) groups excluding carboxylic acids is 2. The molecule has 0 aliphatic carbocycles. The summed E-state index contributed by atoms with van der Waals surface area (Å²) in [5.41, 5.74) is 16.1. The zero-order chi connectivity index (χ0) is 29.8. The first-order valence-corrected chi connectivity index (χ1v) is 13.4. The Bertz CT molecular complexity index is 1500. The van der Waals surface area contributed by atoms with Crippen molar-refractivity contribution in [1.29, 1.82) is 0 Å². The summed E-state index contributed by atoms with van der Waals surface area (Å²) in [5, 5.41) is 0. The molecule has 0 bridgehead atoms. The van der Waals surface area contributed by atoms with Crippen LogP contribution in [-0.4, -0.2) is 50.5 Å². The molecule has 2 fully saturated rings. The SMILES string of the molecule is CC1(C)O[C@@H](C(N)=O)[C@H](c2ncc(-c3ccc(-c4ccc(-c5coc([C@@H]6OC(C)(C)O[C@H]6C(N)=O)n5)cc4)cc3)[nH]2)O1. The van der Waals surface area contributed by atoms with Crippen molar-refractivity contribution in [2.75, 3.05) is 0 Å². The molecule has 0 unspecified atom stereocenters. The lowest BCUT2D eigenvalue weighted by molar-refractivity contribution is -0.155. The largest absolute Gasteiger partial charge is 0.445 e. The normalized spacial score (nSPS) is 24.6. The topological polar surface area (TPSA) is 178 Å². The maximum absolute atomic E-state index is 11.9. The highest BCUT2D eigenvalue weighted by Gasteiger charge is 2.48. The van der Waals surface area contributed by atoms with Crippen LogP contribution in [0.15, 0.2) is 65.4 Å². The van der Waals surface area contributed by atoms with E-state index in [0.717, 1.165) is 27.9 Å². The molecule has 2 aliphatic rings. The van der Waals surface area contributed by atoms with Crippen molar-refractivity contribution in [2.45, 2.75) is 63.7 Å². The van der Waals surface area contributed by atoms with Crippen LogP contribution < -0.4 is 11.5 Å². The molecule has 0 radical (unpaired) electrons. The van der Waals surface area contributed by atoms with Crippen LogP contribution in [0, 0.1) is 0 Å². The van der Waals surface area contributed by atoms with Crippen molar-refractivity contribution < 1.29 is 33.0 Å². The second-order valence-corrected chi connectivity index (χ2v) is 11.2. The number of imidazole rings is 1. The van der Waals surface area contributed by atoms with Gasteiger partial charge in [-0.25, -0.2) is 9.97 Å². The number of rotatable bonds is 7. The smallest absolute Gasteiger partial charge is 0.249 e. The van der Waals surface area contributed by atoms with E-state index >= 15 is 0 Å². The van der Waals surface area contributed by atoms with Gasteiger partial charge in [0, 0.05) is 5.56 Å². The Kier molecular flexibility index (Phi) is 6.73. The predicted molar refractivity (Wildman–Crippen MR) is 149 cm³/mol. The Balaban J connectivity index is 1.16. The van der Waals surface area contributed by atoms with Crippen molar-refractivity contribution in [3.8, 4) is 33.6 Å². The van der Waals surface area contributed by atoms with E-state index in [4.69, 9.17) is 34.8 Å². The van der Waals surface area contributed by atoms with Crippen molar-refractivity contribution in [3.63, 3.8) is 0 Å². The molecule has 2 amide bonds. The molecule has 12 nitrogen and oxygen atoms in total. The standard InChI is InChI=1S/C30H31N5O7/c1-29(2)39-21(25(31)36)23(41-29)27-33-13-19(34-27)17-9-5-15(6-10-17)16-7-11-18(12-8-16)20-14-38-28(35-20)24-22(26(32)37)40-30(3,4)42-24/h5-14,21-24H,1-4H3,(H2,31,36)(H2,32,37)(H,33,34)/t21-,22-,23-,24-/m1/s1. The van der Waals surface area contributed by atoms with Crippen LogP contribution >= 0.6 is 0 Å². The fraction of sp³-hybridized carbons (Fsp3) is 0.333. The Hall–Kier alpha value is -4.36. The number of amides is 2.